The highest BCUT2D eigenvalue weighted by molar-refractivity contribution is 5.99. The van der Waals surface area contributed by atoms with Crippen molar-refractivity contribution in [2.75, 3.05) is 6.54 Å². The van der Waals surface area contributed by atoms with Crippen LogP contribution in [-0.2, 0) is 38.4 Å². The van der Waals surface area contributed by atoms with E-state index >= 15 is 0 Å². The number of carbonyl (C=O) groups excluding carboxylic acids is 6. The summed E-state index contributed by atoms with van der Waals surface area (Å²) in [4.78, 5) is 104. The molecule has 7 N–H and O–H groups in total. The number of carboxylic acids is 2. The second kappa shape index (κ2) is 15.3. The molecule has 2 saturated heterocycles. The first kappa shape index (κ1) is 35.0. The van der Waals surface area contributed by atoms with Gasteiger partial charge in [0.05, 0.1) is 12.8 Å². The molecular weight excluding hydrogens is 568 g/mol. The highest BCUT2D eigenvalue weighted by Crippen LogP contribution is 2.20. The van der Waals surface area contributed by atoms with Crippen molar-refractivity contribution < 1.29 is 48.6 Å². The first-order valence-corrected chi connectivity index (χ1v) is 14.3. The molecule has 2 heterocycles. The lowest BCUT2D eigenvalue weighted by atomic mass is 10.00. The van der Waals surface area contributed by atoms with Gasteiger partial charge in [0, 0.05) is 6.54 Å². The van der Waals surface area contributed by atoms with Crippen LogP contribution in [0.15, 0.2) is 0 Å². The van der Waals surface area contributed by atoms with Gasteiger partial charge in [-0.15, -0.1) is 0 Å². The molecule has 0 aromatic rings. The quantitative estimate of drug-likeness (QED) is 0.169. The summed E-state index contributed by atoms with van der Waals surface area (Å²) in [6.45, 7) is 8.16. The van der Waals surface area contributed by atoms with Gasteiger partial charge in [0.2, 0.25) is 35.4 Å². The van der Waals surface area contributed by atoms with Gasteiger partial charge in [0.15, 0.2) is 0 Å². The molecule has 16 heteroatoms. The fourth-order valence-electron chi connectivity index (χ4n) is 4.96. The molecule has 2 aliphatic rings. The number of hydrogen-bond donors (Lipinski definition) is 7. The van der Waals surface area contributed by atoms with Crippen LogP contribution in [0.2, 0.25) is 0 Å². The minimum Gasteiger partial charge on any atom is -0.481 e. The highest BCUT2D eigenvalue weighted by Gasteiger charge is 2.41. The molecule has 0 radical (unpaired) electrons. The maximum absolute atomic E-state index is 13.5. The molecule has 6 atom stereocenters. The van der Waals surface area contributed by atoms with E-state index in [1.54, 1.807) is 27.7 Å². The van der Waals surface area contributed by atoms with E-state index in [-0.39, 0.29) is 25.3 Å². The highest BCUT2D eigenvalue weighted by atomic mass is 16.4. The number of hydrogen-bond acceptors (Lipinski definition) is 8. The maximum atomic E-state index is 13.5. The number of carboxylic acid groups (broad SMARTS) is 2. The number of aliphatic carboxylic acids is 2. The zero-order valence-corrected chi connectivity index (χ0v) is 25.0. The summed E-state index contributed by atoms with van der Waals surface area (Å²) in [7, 11) is 0. The summed E-state index contributed by atoms with van der Waals surface area (Å²) in [6, 6.07) is -7.99. The van der Waals surface area contributed by atoms with Crippen molar-refractivity contribution in [2.24, 2.45) is 11.8 Å². The molecule has 0 aromatic carbocycles. The molecule has 2 aliphatic heterocycles. The van der Waals surface area contributed by atoms with E-state index in [4.69, 9.17) is 0 Å². The van der Waals surface area contributed by atoms with Crippen molar-refractivity contribution in [1.82, 2.24) is 31.5 Å². The third-order valence-corrected chi connectivity index (χ3v) is 7.18. The molecule has 6 amide bonds. The maximum Gasteiger partial charge on any atom is 0.305 e. The summed E-state index contributed by atoms with van der Waals surface area (Å²) in [6.07, 6.45) is -0.915. The van der Waals surface area contributed by atoms with Crippen LogP contribution < -0.4 is 26.6 Å². The molecule has 0 spiro atoms. The minimum atomic E-state index is -1.65. The van der Waals surface area contributed by atoms with Crippen LogP contribution in [0.25, 0.3) is 0 Å². The number of amides is 6. The lowest BCUT2D eigenvalue weighted by molar-refractivity contribution is -0.146. The standard InChI is InChI=1S/C27H42N6O10/c1-12(2)9-15-23(39)30-16(10-19(34)35)24(40)32-21(13(3)4)26(42)31-17(11-20(36)37)27(43)33-8-6-7-18(33)25(41)28-14(5)22(38)29-15/h12-18,21H,6-11H2,1-5H3,(H,28,41)(H,29,38)(H,30,39)(H,31,42)(H,32,40)(H,34,35)(H,36,37)/t14-,15+,16-,17-,18-,21+/m1/s1. The summed E-state index contributed by atoms with van der Waals surface area (Å²) < 4.78 is 0. The van der Waals surface area contributed by atoms with Gasteiger partial charge in [0.25, 0.3) is 0 Å². The van der Waals surface area contributed by atoms with Gasteiger partial charge in [-0.2, -0.15) is 0 Å². The lowest BCUT2D eigenvalue weighted by Gasteiger charge is -2.31. The molecule has 2 rings (SSSR count). The first-order valence-electron chi connectivity index (χ1n) is 14.3. The molecule has 16 nitrogen and oxygen atoms in total. The topological polar surface area (TPSA) is 240 Å². The van der Waals surface area contributed by atoms with E-state index in [1.807, 2.05) is 0 Å². The van der Waals surface area contributed by atoms with Crippen LogP contribution in [0, 0.1) is 11.8 Å². The van der Waals surface area contributed by atoms with E-state index in [0.717, 1.165) is 4.90 Å². The molecule has 0 bridgehead atoms. The average molecular weight is 611 g/mol. The minimum absolute atomic E-state index is 0.0985. The van der Waals surface area contributed by atoms with Crippen molar-refractivity contribution in [2.45, 2.75) is 103 Å². The Hall–Kier alpha value is -4.24. The zero-order valence-electron chi connectivity index (χ0n) is 25.0. The van der Waals surface area contributed by atoms with Crippen LogP contribution in [-0.4, -0.2) is 105 Å². The first-order chi connectivity index (χ1) is 20.0. The van der Waals surface area contributed by atoms with Crippen molar-refractivity contribution in [3.05, 3.63) is 0 Å². The summed E-state index contributed by atoms with van der Waals surface area (Å²) in [5.41, 5.74) is 0. The summed E-state index contributed by atoms with van der Waals surface area (Å²) >= 11 is 0. The number of rotatable bonds is 7. The number of fused-ring (bicyclic) bond motifs is 1. The van der Waals surface area contributed by atoms with Crippen molar-refractivity contribution in [3.63, 3.8) is 0 Å². The third-order valence-electron chi connectivity index (χ3n) is 7.18. The molecule has 0 unspecified atom stereocenters. The Morgan fingerprint density at radius 3 is 1.84 bits per heavy atom. The van der Waals surface area contributed by atoms with Gasteiger partial charge in [0.1, 0.15) is 36.3 Å². The van der Waals surface area contributed by atoms with E-state index < -0.39 is 102 Å². The molecule has 0 aliphatic carbocycles. The van der Waals surface area contributed by atoms with Crippen LogP contribution in [0.5, 0.6) is 0 Å². The fourth-order valence-corrected chi connectivity index (χ4v) is 4.96. The smallest absolute Gasteiger partial charge is 0.305 e. The van der Waals surface area contributed by atoms with Gasteiger partial charge in [-0.25, -0.2) is 0 Å². The summed E-state index contributed by atoms with van der Waals surface area (Å²) in [5, 5.41) is 31.0. The third kappa shape index (κ3) is 9.92. The monoisotopic (exact) mass is 610 g/mol. The molecule has 0 saturated carbocycles. The molecule has 43 heavy (non-hydrogen) atoms. The Labute approximate surface area is 249 Å². The lowest BCUT2D eigenvalue weighted by Crippen LogP contribution is -2.62. The van der Waals surface area contributed by atoms with Crippen LogP contribution in [0.1, 0.15) is 66.7 Å². The van der Waals surface area contributed by atoms with E-state index in [1.165, 1.54) is 6.92 Å². The van der Waals surface area contributed by atoms with Crippen molar-refractivity contribution in [3.8, 4) is 0 Å². The average Bonchev–Trinajstić information content (AvgIpc) is 3.38. The van der Waals surface area contributed by atoms with Gasteiger partial charge in [-0.1, -0.05) is 27.7 Å². The van der Waals surface area contributed by atoms with E-state index in [9.17, 15) is 48.6 Å². The number of nitrogens with one attached hydrogen (secondary N) is 5. The molecule has 240 valence electrons. The Bertz CT molecular complexity index is 1130. The zero-order chi connectivity index (χ0) is 32.6. The molecule has 2 fully saturated rings. The van der Waals surface area contributed by atoms with E-state index in [2.05, 4.69) is 26.6 Å². The van der Waals surface area contributed by atoms with Crippen LogP contribution in [0.3, 0.4) is 0 Å². The normalized spacial score (nSPS) is 28.2. The Morgan fingerprint density at radius 1 is 0.744 bits per heavy atom. The Morgan fingerprint density at radius 2 is 1.28 bits per heavy atom. The summed E-state index contributed by atoms with van der Waals surface area (Å²) in [5.74, 6) is -8.57. The van der Waals surface area contributed by atoms with Crippen LogP contribution >= 0.6 is 0 Å². The number of nitrogens with zero attached hydrogens (tertiary/aromatic N) is 1. The van der Waals surface area contributed by atoms with E-state index in [0.29, 0.717) is 6.42 Å². The molecular formula is C27H42N6O10. The Kier molecular flexibility index (Phi) is 12.4. The van der Waals surface area contributed by atoms with Gasteiger partial charge in [-0.3, -0.25) is 38.4 Å². The largest absolute Gasteiger partial charge is 0.481 e. The van der Waals surface area contributed by atoms with Crippen LogP contribution in [0.4, 0.5) is 0 Å². The van der Waals surface area contributed by atoms with Crippen molar-refractivity contribution >= 4 is 47.4 Å². The van der Waals surface area contributed by atoms with Crippen molar-refractivity contribution in [1.29, 1.82) is 0 Å². The predicted molar refractivity (Wildman–Crippen MR) is 149 cm³/mol. The number of carbonyl (C=O) groups is 8. The SMILES string of the molecule is CC(C)C[C@@H]1NC(=O)[C@@H](C)NC(=O)[C@H]2CCCN2C(=O)[C@@H](CC(=O)O)NC(=O)[C@H](C(C)C)NC(=O)[C@@H](CC(=O)O)NC1=O. The van der Waals surface area contributed by atoms with Gasteiger partial charge in [-0.05, 0) is 38.0 Å². The fraction of sp³-hybridized carbons (Fsp3) is 0.704. The molecule has 0 aromatic heterocycles. The van der Waals surface area contributed by atoms with Gasteiger partial charge >= 0.3 is 11.9 Å². The van der Waals surface area contributed by atoms with Gasteiger partial charge < -0.3 is 41.7 Å². The Balaban J connectivity index is 2.56. The predicted octanol–water partition coefficient (Wildman–Crippen LogP) is -1.91. The second-order valence-corrected chi connectivity index (χ2v) is 11.7. The second-order valence-electron chi connectivity index (χ2n) is 11.7.